The molecule has 0 spiro atoms. The van der Waals surface area contributed by atoms with Gasteiger partial charge in [0.15, 0.2) is 0 Å². The number of pyridine rings is 1. The number of nitrogens with one attached hydrogen (secondary N) is 1. The van der Waals surface area contributed by atoms with Crippen LogP contribution < -0.4 is 10.1 Å². The number of rotatable bonds is 6. The Kier molecular flexibility index (Phi) is 4.93. The van der Waals surface area contributed by atoms with Crippen molar-refractivity contribution in [2.45, 2.75) is 25.9 Å². The summed E-state index contributed by atoms with van der Waals surface area (Å²) in [6, 6.07) is 16.7. The van der Waals surface area contributed by atoms with E-state index < -0.39 is 0 Å². The summed E-state index contributed by atoms with van der Waals surface area (Å²) in [5, 5.41) is 3.54. The van der Waals surface area contributed by atoms with Crippen LogP contribution in [0.15, 0.2) is 48.5 Å². The Hall–Kier alpha value is -1.87. The number of aromatic nitrogens is 1. The second kappa shape index (κ2) is 6.90. The first kappa shape index (κ1) is 13.6. The maximum atomic E-state index is 5.13. The lowest BCUT2D eigenvalue weighted by Gasteiger charge is -2.17. The molecule has 0 aliphatic carbocycles. The Morgan fingerprint density at radius 3 is 2.58 bits per heavy atom. The summed E-state index contributed by atoms with van der Waals surface area (Å²) in [6.07, 6.45) is 1.05. The first-order valence-corrected chi connectivity index (χ1v) is 6.61. The minimum Gasteiger partial charge on any atom is -0.481 e. The molecule has 0 bridgehead atoms. The van der Waals surface area contributed by atoms with E-state index >= 15 is 0 Å². The van der Waals surface area contributed by atoms with Crippen LogP contribution in [-0.4, -0.2) is 12.1 Å². The van der Waals surface area contributed by atoms with Crippen LogP contribution in [0, 0.1) is 0 Å². The summed E-state index contributed by atoms with van der Waals surface area (Å²) in [4.78, 5) is 4.41. The van der Waals surface area contributed by atoms with Gasteiger partial charge in [-0.05, 0) is 18.1 Å². The summed E-state index contributed by atoms with van der Waals surface area (Å²) in [5.41, 5.74) is 2.31. The fourth-order valence-electron chi connectivity index (χ4n) is 2.08. The summed E-state index contributed by atoms with van der Waals surface area (Å²) in [7, 11) is 1.64. The van der Waals surface area contributed by atoms with Crippen molar-refractivity contribution < 1.29 is 4.74 Å². The number of nitrogens with zero attached hydrogens (tertiary/aromatic N) is 1. The fraction of sp³-hybridized carbons (Fsp3) is 0.312. The third kappa shape index (κ3) is 3.80. The Bertz CT molecular complexity index is 499. The predicted octanol–water partition coefficient (Wildman–Crippen LogP) is 3.33. The Labute approximate surface area is 114 Å². The van der Waals surface area contributed by atoms with E-state index in [9.17, 15) is 0 Å². The molecule has 1 heterocycles. The van der Waals surface area contributed by atoms with Crippen molar-refractivity contribution in [1.29, 1.82) is 0 Å². The normalized spacial score (nSPS) is 12.1. The van der Waals surface area contributed by atoms with E-state index in [1.165, 1.54) is 5.56 Å². The van der Waals surface area contributed by atoms with Gasteiger partial charge in [-0.3, -0.25) is 0 Å². The predicted molar refractivity (Wildman–Crippen MR) is 77.1 cm³/mol. The van der Waals surface area contributed by atoms with Gasteiger partial charge in [-0.15, -0.1) is 0 Å². The molecule has 0 saturated carbocycles. The van der Waals surface area contributed by atoms with Gasteiger partial charge in [0.2, 0.25) is 5.88 Å². The smallest absolute Gasteiger partial charge is 0.213 e. The molecule has 3 nitrogen and oxygen atoms in total. The van der Waals surface area contributed by atoms with Crippen molar-refractivity contribution >= 4 is 0 Å². The summed E-state index contributed by atoms with van der Waals surface area (Å²) < 4.78 is 5.13. The summed E-state index contributed by atoms with van der Waals surface area (Å²) in [5.74, 6) is 0.659. The molecule has 19 heavy (non-hydrogen) atoms. The first-order valence-electron chi connectivity index (χ1n) is 6.61. The third-order valence-corrected chi connectivity index (χ3v) is 3.13. The molecular formula is C16H20N2O. The van der Waals surface area contributed by atoms with Gasteiger partial charge in [-0.2, -0.15) is 0 Å². The molecule has 0 aliphatic heterocycles. The zero-order chi connectivity index (χ0) is 13.5. The van der Waals surface area contributed by atoms with Crippen LogP contribution in [0.25, 0.3) is 0 Å². The number of methoxy groups -OCH3 is 1. The van der Waals surface area contributed by atoms with Gasteiger partial charge in [-0.1, -0.05) is 43.3 Å². The van der Waals surface area contributed by atoms with E-state index in [0.29, 0.717) is 11.9 Å². The average Bonchev–Trinajstić information content (AvgIpc) is 2.49. The van der Waals surface area contributed by atoms with Crippen molar-refractivity contribution in [3.05, 3.63) is 59.8 Å². The van der Waals surface area contributed by atoms with Crippen LogP contribution in [0.5, 0.6) is 5.88 Å². The molecule has 1 aromatic carbocycles. The van der Waals surface area contributed by atoms with E-state index in [1.807, 2.05) is 24.3 Å². The lowest BCUT2D eigenvalue weighted by atomic mass is 10.0. The molecule has 1 N–H and O–H groups in total. The van der Waals surface area contributed by atoms with Crippen LogP contribution in [-0.2, 0) is 6.54 Å². The molecule has 3 heteroatoms. The summed E-state index contributed by atoms with van der Waals surface area (Å²) in [6.45, 7) is 2.92. The highest BCUT2D eigenvalue weighted by molar-refractivity contribution is 5.19. The molecule has 1 atom stereocenters. The van der Waals surface area contributed by atoms with Gasteiger partial charge in [-0.25, -0.2) is 4.98 Å². The third-order valence-electron chi connectivity index (χ3n) is 3.13. The van der Waals surface area contributed by atoms with Gasteiger partial charge in [0, 0.05) is 18.7 Å². The zero-order valence-electron chi connectivity index (χ0n) is 11.5. The lowest BCUT2D eigenvalue weighted by Crippen LogP contribution is -2.20. The standard InChI is InChI=1S/C16H20N2O/c1-3-15(13-8-5-4-6-9-13)17-12-14-10-7-11-16(18-14)19-2/h4-11,15,17H,3,12H2,1-2H3. The van der Waals surface area contributed by atoms with Crippen molar-refractivity contribution in [1.82, 2.24) is 10.3 Å². The van der Waals surface area contributed by atoms with E-state index in [4.69, 9.17) is 4.74 Å². The molecule has 0 saturated heterocycles. The molecule has 100 valence electrons. The van der Waals surface area contributed by atoms with E-state index in [-0.39, 0.29) is 0 Å². The average molecular weight is 256 g/mol. The minimum absolute atomic E-state index is 0.356. The van der Waals surface area contributed by atoms with Crippen molar-refractivity contribution in [3.8, 4) is 5.88 Å². The van der Waals surface area contributed by atoms with Gasteiger partial charge in [0.25, 0.3) is 0 Å². The van der Waals surface area contributed by atoms with E-state index in [0.717, 1.165) is 18.7 Å². The fourth-order valence-corrected chi connectivity index (χ4v) is 2.08. The molecule has 0 amide bonds. The number of benzene rings is 1. The number of hydrogen-bond acceptors (Lipinski definition) is 3. The maximum Gasteiger partial charge on any atom is 0.213 e. The van der Waals surface area contributed by atoms with Crippen LogP contribution in [0.2, 0.25) is 0 Å². The first-order chi connectivity index (χ1) is 9.33. The highest BCUT2D eigenvalue weighted by Gasteiger charge is 2.08. The summed E-state index contributed by atoms with van der Waals surface area (Å²) >= 11 is 0. The quantitative estimate of drug-likeness (QED) is 0.860. The van der Waals surface area contributed by atoms with Gasteiger partial charge >= 0.3 is 0 Å². The molecule has 1 unspecified atom stereocenters. The largest absolute Gasteiger partial charge is 0.481 e. The second-order valence-corrected chi connectivity index (χ2v) is 4.42. The Balaban J connectivity index is 2.00. The van der Waals surface area contributed by atoms with Gasteiger partial charge < -0.3 is 10.1 Å². The molecule has 1 aromatic heterocycles. The minimum atomic E-state index is 0.356. The molecule has 2 aromatic rings. The van der Waals surface area contributed by atoms with Crippen molar-refractivity contribution in [2.75, 3.05) is 7.11 Å². The molecule has 0 fully saturated rings. The molecular weight excluding hydrogens is 236 g/mol. The molecule has 2 rings (SSSR count). The molecule has 0 radical (unpaired) electrons. The SMILES string of the molecule is CCC(NCc1cccc(OC)n1)c1ccccc1. The number of ether oxygens (including phenoxy) is 1. The highest BCUT2D eigenvalue weighted by Crippen LogP contribution is 2.16. The van der Waals surface area contributed by atoms with Crippen LogP contribution in [0.4, 0.5) is 0 Å². The molecule has 0 aliphatic rings. The maximum absolute atomic E-state index is 5.13. The lowest BCUT2D eigenvalue weighted by molar-refractivity contribution is 0.394. The van der Waals surface area contributed by atoms with E-state index in [2.05, 4.69) is 41.5 Å². The van der Waals surface area contributed by atoms with Crippen LogP contribution >= 0.6 is 0 Å². The Morgan fingerprint density at radius 1 is 1.11 bits per heavy atom. The van der Waals surface area contributed by atoms with Crippen molar-refractivity contribution in [3.63, 3.8) is 0 Å². The van der Waals surface area contributed by atoms with E-state index in [1.54, 1.807) is 7.11 Å². The van der Waals surface area contributed by atoms with Crippen LogP contribution in [0.3, 0.4) is 0 Å². The monoisotopic (exact) mass is 256 g/mol. The Morgan fingerprint density at radius 2 is 1.89 bits per heavy atom. The zero-order valence-corrected chi connectivity index (χ0v) is 11.5. The van der Waals surface area contributed by atoms with Crippen molar-refractivity contribution in [2.24, 2.45) is 0 Å². The topological polar surface area (TPSA) is 34.1 Å². The second-order valence-electron chi connectivity index (χ2n) is 4.42. The number of hydrogen-bond donors (Lipinski definition) is 1. The highest BCUT2D eigenvalue weighted by atomic mass is 16.5. The van der Waals surface area contributed by atoms with Gasteiger partial charge in [0.1, 0.15) is 0 Å². The van der Waals surface area contributed by atoms with Crippen LogP contribution in [0.1, 0.15) is 30.6 Å². The van der Waals surface area contributed by atoms with Gasteiger partial charge in [0.05, 0.1) is 12.8 Å².